The van der Waals surface area contributed by atoms with Gasteiger partial charge in [-0.15, -0.1) is 0 Å². The van der Waals surface area contributed by atoms with E-state index >= 15 is 0 Å². The fourth-order valence-electron chi connectivity index (χ4n) is 1.28. The summed E-state index contributed by atoms with van der Waals surface area (Å²) in [6, 6.07) is 1.99. The van der Waals surface area contributed by atoms with Gasteiger partial charge in [-0.1, -0.05) is 11.6 Å². The van der Waals surface area contributed by atoms with Crippen molar-refractivity contribution in [1.82, 2.24) is 9.69 Å². The Bertz CT molecular complexity index is 505. The quantitative estimate of drug-likeness (QED) is 0.815. The summed E-state index contributed by atoms with van der Waals surface area (Å²) in [5.74, 6) is 0. The van der Waals surface area contributed by atoms with Crippen molar-refractivity contribution in [2.24, 2.45) is 0 Å². The second kappa shape index (κ2) is 7.31. The van der Waals surface area contributed by atoms with Crippen LogP contribution in [0.1, 0.15) is 32.8 Å². The van der Waals surface area contributed by atoms with Crippen LogP contribution in [0.25, 0.3) is 0 Å². The van der Waals surface area contributed by atoms with E-state index in [1.54, 1.807) is 0 Å². The molecular formula is C12H17ClN4O2S. The van der Waals surface area contributed by atoms with E-state index in [1.165, 1.54) is 0 Å². The number of hydrogen-bond donors (Lipinski definition) is 2. The van der Waals surface area contributed by atoms with Gasteiger partial charge in [0.1, 0.15) is 22.2 Å². The molecule has 0 unspecified atom stereocenters. The van der Waals surface area contributed by atoms with E-state index in [-0.39, 0.29) is 5.15 Å². The van der Waals surface area contributed by atoms with Crippen molar-refractivity contribution in [2.75, 3.05) is 18.4 Å². The highest BCUT2D eigenvalue weighted by atomic mass is 35.5. The number of ether oxygens (including phenoxy) is 1. The van der Waals surface area contributed by atoms with Gasteiger partial charge in [0.25, 0.3) is 0 Å². The molecule has 1 rings (SSSR count). The topological polar surface area (TPSA) is 87.0 Å². The van der Waals surface area contributed by atoms with E-state index in [9.17, 15) is 4.79 Å². The Morgan fingerprint density at radius 2 is 2.20 bits per heavy atom. The van der Waals surface area contributed by atoms with E-state index < -0.39 is 11.7 Å². The molecule has 0 spiro atoms. The van der Waals surface area contributed by atoms with Gasteiger partial charge >= 0.3 is 6.09 Å². The second-order valence-corrected chi connectivity index (χ2v) is 6.13. The number of halogens is 1. The minimum absolute atomic E-state index is 0.215. The van der Waals surface area contributed by atoms with Crippen LogP contribution in [-0.2, 0) is 4.74 Å². The highest BCUT2D eigenvalue weighted by Gasteiger charge is 2.15. The maximum absolute atomic E-state index is 11.4. The first-order chi connectivity index (χ1) is 9.33. The molecule has 0 bridgehead atoms. The lowest BCUT2D eigenvalue weighted by atomic mass is 10.2. The lowest BCUT2D eigenvalue weighted by molar-refractivity contribution is 0.0528. The Morgan fingerprint density at radius 3 is 2.80 bits per heavy atom. The maximum Gasteiger partial charge on any atom is 0.407 e. The third-order valence-corrected chi connectivity index (χ3v) is 3.25. The van der Waals surface area contributed by atoms with Crippen molar-refractivity contribution >= 4 is 34.2 Å². The largest absolute Gasteiger partial charge is 0.444 e. The number of alkyl carbamates (subject to hydrolysis) is 1. The van der Waals surface area contributed by atoms with E-state index in [2.05, 4.69) is 15.0 Å². The number of aromatic nitrogens is 1. The van der Waals surface area contributed by atoms with Crippen LogP contribution in [0, 0.1) is 11.3 Å². The van der Waals surface area contributed by atoms with Gasteiger partial charge in [0.2, 0.25) is 0 Å². The van der Waals surface area contributed by atoms with Crippen LogP contribution in [0.4, 0.5) is 9.80 Å². The summed E-state index contributed by atoms with van der Waals surface area (Å²) in [7, 11) is 0. The Hall–Kier alpha value is -1.52. The summed E-state index contributed by atoms with van der Waals surface area (Å²) in [6.07, 6.45) is 0.260. The molecule has 20 heavy (non-hydrogen) atoms. The zero-order valence-corrected chi connectivity index (χ0v) is 13.2. The average Bonchev–Trinajstić information content (AvgIpc) is 2.67. The zero-order valence-electron chi connectivity index (χ0n) is 11.6. The van der Waals surface area contributed by atoms with Crippen molar-refractivity contribution in [3.05, 3.63) is 10.7 Å². The number of anilines is 1. The molecule has 1 aromatic rings. The minimum Gasteiger partial charge on any atom is -0.444 e. The zero-order chi connectivity index (χ0) is 15.2. The molecule has 0 aliphatic heterocycles. The van der Waals surface area contributed by atoms with Crippen molar-refractivity contribution in [1.29, 1.82) is 5.26 Å². The Balaban J connectivity index is 2.23. The molecule has 0 aromatic carbocycles. The van der Waals surface area contributed by atoms with Gasteiger partial charge in [-0.05, 0) is 38.7 Å². The van der Waals surface area contributed by atoms with Gasteiger partial charge in [0.15, 0.2) is 5.15 Å². The molecular weight excluding hydrogens is 300 g/mol. The molecule has 0 aliphatic rings. The molecule has 0 saturated heterocycles. The summed E-state index contributed by atoms with van der Waals surface area (Å²) in [6.45, 7) is 6.51. The Kier molecular flexibility index (Phi) is 6.05. The molecule has 0 atom stereocenters. The second-order valence-electron chi connectivity index (χ2n) is 5.00. The van der Waals surface area contributed by atoms with E-state index in [4.69, 9.17) is 21.6 Å². The maximum atomic E-state index is 11.4. The van der Waals surface area contributed by atoms with Gasteiger partial charge in [0, 0.05) is 13.1 Å². The number of carbonyl (C=O) groups excluding carboxylic acids is 1. The molecule has 0 radical (unpaired) electrons. The van der Waals surface area contributed by atoms with Gasteiger partial charge < -0.3 is 15.4 Å². The molecule has 1 heterocycles. The van der Waals surface area contributed by atoms with Gasteiger partial charge in [-0.3, -0.25) is 0 Å². The number of nitrogens with zero attached hydrogens (tertiary/aromatic N) is 2. The highest BCUT2D eigenvalue weighted by molar-refractivity contribution is 7.10. The smallest absolute Gasteiger partial charge is 0.407 e. The number of amides is 1. The first-order valence-electron chi connectivity index (χ1n) is 6.09. The lowest BCUT2D eigenvalue weighted by Gasteiger charge is -2.19. The Labute approximate surface area is 127 Å². The average molecular weight is 317 g/mol. The number of carbonyl (C=O) groups is 1. The SMILES string of the molecule is CC(C)(C)OC(=O)NCCCNc1snc(Cl)c1C#N. The molecule has 0 fully saturated rings. The van der Waals surface area contributed by atoms with Crippen LogP contribution < -0.4 is 10.6 Å². The van der Waals surface area contributed by atoms with Crippen LogP contribution in [0.15, 0.2) is 0 Å². The van der Waals surface area contributed by atoms with E-state index in [1.807, 2.05) is 26.8 Å². The molecule has 1 aromatic heterocycles. The van der Waals surface area contributed by atoms with Gasteiger partial charge in [0.05, 0.1) is 0 Å². The molecule has 110 valence electrons. The number of nitriles is 1. The Morgan fingerprint density at radius 1 is 1.50 bits per heavy atom. The number of hydrogen-bond acceptors (Lipinski definition) is 6. The highest BCUT2D eigenvalue weighted by Crippen LogP contribution is 2.27. The monoisotopic (exact) mass is 316 g/mol. The first kappa shape index (κ1) is 16.5. The van der Waals surface area contributed by atoms with Gasteiger partial charge in [-0.25, -0.2) is 4.79 Å². The summed E-state index contributed by atoms with van der Waals surface area (Å²) in [4.78, 5) is 11.4. The van der Waals surface area contributed by atoms with Crippen LogP contribution in [0.5, 0.6) is 0 Å². The van der Waals surface area contributed by atoms with Gasteiger partial charge in [-0.2, -0.15) is 9.64 Å². The standard InChI is InChI=1S/C12H17ClN4O2S/c1-12(2,3)19-11(18)16-6-4-5-15-10-8(7-14)9(13)17-20-10/h15H,4-6H2,1-3H3,(H,16,18). The van der Waals surface area contributed by atoms with E-state index in [0.29, 0.717) is 30.1 Å². The molecule has 6 nitrogen and oxygen atoms in total. The van der Waals surface area contributed by atoms with Crippen LogP contribution in [0.3, 0.4) is 0 Å². The predicted molar refractivity (Wildman–Crippen MR) is 79.2 cm³/mol. The fourth-order valence-corrected chi connectivity index (χ4v) is 2.24. The summed E-state index contributed by atoms with van der Waals surface area (Å²) < 4.78 is 8.99. The fraction of sp³-hybridized carbons (Fsp3) is 0.583. The number of nitrogens with one attached hydrogen (secondary N) is 2. The number of rotatable bonds is 5. The summed E-state index contributed by atoms with van der Waals surface area (Å²) in [5, 5.41) is 15.5. The first-order valence-corrected chi connectivity index (χ1v) is 7.24. The molecule has 2 N–H and O–H groups in total. The van der Waals surface area contributed by atoms with Crippen LogP contribution >= 0.6 is 23.1 Å². The summed E-state index contributed by atoms with van der Waals surface area (Å²) >= 11 is 6.90. The van der Waals surface area contributed by atoms with Crippen LogP contribution in [0.2, 0.25) is 5.15 Å². The van der Waals surface area contributed by atoms with Crippen molar-refractivity contribution < 1.29 is 9.53 Å². The third-order valence-electron chi connectivity index (χ3n) is 2.07. The molecule has 8 heteroatoms. The van der Waals surface area contributed by atoms with Crippen molar-refractivity contribution in [3.8, 4) is 6.07 Å². The normalized spacial score (nSPS) is 10.8. The third kappa shape index (κ3) is 5.63. The minimum atomic E-state index is -0.497. The predicted octanol–water partition coefficient (Wildman–Crippen LogP) is 2.99. The molecule has 0 aliphatic carbocycles. The van der Waals surface area contributed by atoms with E-state index in [0.717, 1.165) is 11.5 Å². The van der Waals surface area contributed by atoms with Crippen molar-refractivity contribution in [2.45, 2.75) is 32.8 Å². The lowest BCUT2D eigenvalue weighted by Crippen LogP contribution is -2.33. The molecule has 0 saturated carbocycles. The van der Waals surface area contributed by atoms with Crippen molar-refractivity contribution in [3.63, 3.8) is 0 Å². The van der Waals surface area contributed by atoms with Crippen LogP contribution in [-0.4, -0.2) is 29.2 Å². The summed E-state index contributed by atoms with van der Waals surface area (Å²) in [5.41, 5.74) is -0.138. The molecule has 1 amide bonds.